The molecule has 0 aliphatic carbocycles. The van der Waals surface area contributed by atoms with Crippen molar-refractivity contribution in [1.82, 2.24) is 0 Å². The summed E-state index contributed by atoms with van der Waals surface area (Å²) in [5.74, 6) is 0.245. The summed E-state index contributed by atoms with van der Waals surface area (Å²) in [4.78, 5) is 11.9. The summed E-state index contributed by atoms with van der Waals surface area (Å²) in [6.45, 7) is -0.139. The highest BCUT2D eigenvalue weighted by Crippen LogP contribution is 2.28. The fraction of sp³-hybridized carbons (Fsp3) is 0.0667. The third kappa shape index (κ3) is 4.31. The third-order valence-electron chi connectivity index (χ3n) is 2.57. The van der Waals surface area contributed by atoms with Gasteiger partial charge < -0.3 is 10.1 Å². The summed E-state index contributed by atoms with van der Waals surface area (Å²) in [6.07, 6.45) is 0. The van der Waals surface area contributed by atoms with Crippen LogP contribution in [0, 0.1) is 11.3 Å². The number of nitriles is 1. The van der Waals surface area contributed by atoms with E-state index in [-0.39, 0.29) is 12.5 Å². The number of carbonyl (C=O) groups excluding carboxylic acids is 1. The summed E-state index contributed by atoms with van der Waals surface area (Å²) in [5, 5.41) is 11.6. The Bertz CT molecular complexity index is 711. The minimum atomic E-state index is -0.326. The second kappa shape index (κ2) is 7.25. The molecule has 0 radical (unpaired) electrons. The molecule has 0 spiro atoms. The highest BCUT2D eigenvalue weighted by atomic mass is 79.9. The van der Waals surface area contributed by atoms with Crippen molar-refractivity contribution in [1.29, 1.82) is 5.26 Å². The number of para-hydroxylation sites is 1. The Morgan fingerprint density at radius 1 is 1.24 bits per heavy atom. The van der Waals surface area contributed by atoms with Crippen molar-refractivity contribution in [2.75, 3.05) is 11.9 Å². The molecule has 2 rings (SSSR count). The Morgan fingerprint density at radius 3 is 2.71 bits per heavy atom. The van der Waals surface area contributed by atoms with E-state index in [1.807, 2.05) is 18.2 Å². The van der Waals surface area contributed by atoms with Crippen LogP contribution in [0.5, 0.6) is 5.75 Å². The first kappa shape index (κ1) is 15.5. The molecule has 0 saturated heterocycles. The Hall–Kier alpha value is -1.84. The summed E-state index contributed by atoms with van der Waals surface area (Å²) >= 11 is 6.70. The van der Waals surface area contributed by atoms with E-state index < -0.39 is 0 Å². The van der Waals surface area contributed by atoms with Gasteiger partial charge in [0, 0.05) is 4.47 Å². The molecule has 0 aromatic heterocycles. The van der Waals surface area contributed by atoms with Crippen LogP contribution in [0.15, 0.2) is 51.4 Å². The standard InChI is InChI=1S/C15H10Br2N2O2/c16-11-5-6-14(12(17)7-11)21-9-15(20)19-13-4-2-1-3-10(13)8-18/h1-7H,9H2,(H,19,20). The fourth-order valence-corrected chi connectivity index (χ4v) is 2.77. The molecule has 0 heterocycles. The van der Waals surface area contributed by atoms with E-state index in [1.165, 1.54) is 0 Å². The SMILES string of the molecule is N#Cc1ccccc1NC(=O)COc1ccc(Br)cc1Br. The molecular formula is C15H10Br2N2O2. The van der Waals surface area contributed by atoms with E-state index in [0.717, 1.165) is 8.95 Å². The van der Waals surface area contributed by atoms with Crippen LogP contribution in [0.3, 0.4) is 0 Å². The Labute approximate surface area is 139 Å². The summed E-state index contributed by atoms with van der Waals surface area (Å²) in [7, 11) is 0. The maximum Gasteiger partial charge on any atom is 0.262 e. The molecule has 6 heteroatoms. The molecule has 2 aromatic rings. The second-order valence-electron chi connectivity index (χ2n) is 4.07. The predicted octanol–water partition coefficient (Wildman–Crippen LogP) is 4.10. The number of ether oxygens (including phenoxy) is 1. The highest BCUT2D eigenvalue weighted by Gasteiger charge is 2.08. The van der Waals surface area contributed by atoms with Gasteiger partial charge in [0.15, 0.2) is 6.61 Å². The topological polar surface area (TPSA) is 62.1 Å². The minimum absolute atomic E-state index is 0.139. The molecule has 0 saturated carbocycles. The third-order valence-corrected chi connectivity index (χ3v) is 3.69. The van der Waals surface area contributed by atoms with Crippen molar-refractivity contribution in [3.63, 3.8) is 0 Å². The van der Waals surface area contributed by atoms with Crippen LogP contribution in [0.4, 0.5) is 5.69 Å². The Kier molecular flexibility index (Phi) is 5.37. The van der Waals surface area contributed by atoms with Crippen molar-refractivity contribution in [2.24, 2.45) is 0 Å². The number of nitrogens with one attached hydrogen (secondary N) is 1. The van der Waals surface area contributed by atoms with Crippen LogP contribution < -0.4 is 10.1 Å². The minimum Gasteiger partial charge on any atom is -0.483 e. The van der Waals surface area contributed by atoms with E-state index in [0.29, 0.717) is 17.0 Å². The van der Waals surface area contributed by atoms with Gasteiger partial charge in [0.05, 0.1) is 15.7 Å². The average Bonchev–Trinajstić information content (AvgIpc) is 2.47. The quantitative estimate of drug-likeness (QED) is 0.826. The van der Waals surface area contributed by atoms with Crippen LogP contribution in [0.25, 0.3) is 0 Å². The van der Waals surface area contributed by atoms with Gasteiger partial charge in [-0.1, -0.05) is 28.1 Å². The van der Waals surface area contributed by atoms with Crippen LogP contribution in [0.1, 0.15) is 5.56 Å². The molecular weight excluding hydrogens is 400 g/mol. The van der Waals surface area contributed by atoms with Crippen molar-refractivity contribution in [2.45, 2.75) is 0 Å². The lowest BCUT2D eigenvalue weighted by Gasteiger charge is -2.10. The lowest BCUT2D eigenvalue weighted by Crippen LogP contribution is -2.20. The molecule has 0 aliphatic heterocycles. The van der Waals surface area contributed by atoms with Gasteiger partial charge in [0.1, 0.15) is 11.8 Å². The van der Waals surface area contributed by atoms with E-state index in [1.54, 1.807) is 30.3 Å². The number of benzene rings is 2. The molecule has 0 unspecified atom stereocenters. The molecule has 0 bridgehead atoms. The summed E-state index contributed by atoms with van der Waals surface area (Å²) in [6, 6.07) is 14.2. The van der Waals surface area contributed by atoms with Gasteiger partial charge in [-0.05, 0) is 46.3 Å². The lowest BCUT2D eigenvalue weighted by atomic mass is 10.2. The monoisotopic (exact) mass is 408 g/mol. The average molecular weight is 410 g/mol. The number of amides is 1. The first-order valence-corrected chi connectivity index (χ1v) is 7.55. The van der Waals surface area contributed by atoms with Crippen molar-refractivity contribution in [3.8, 4) is 11.8 Å². The van der Waals surface area contributed by atoms with E-state index >= 15 is 0 Å². The van der Waals surface area contributed by atoms with Crippen molar-refractivity contribution >= 4 is 43.5 Å². The molecule has 2 aromatic carbocycles. The zero-order chi connectivity index (χ0) is 15.2. The summed E-state index contributed by atoms with van der Waals surface area (Å²) in [5.41, 5.74) is 0.888. The second-order valence-corrected chi connectivity index (χ2v) is 5.84. The number of carbonyl (C=O) groups is 1. The molecule has 0 fully saturated rings. The molecule has 4 nitrogen and oxygen atoms in total. The van der Waals surface area contributed by atoms with Gasteiger partial charge in [-0.15, -0.1) is 0 Å². The van der Waals surface area contributed by atoms with Crippen LogP contribution in [0.2, 0.25) is 0 Å². The molecule has 21 heavy (non-hydrogen) atoms. The Morgan fingerprint density at radius 2 is 2.00 bits per heavy atom. The van der Waals surface area contributed by atoms with Crippen LogP contribution >= 0.6 is 31.9 Å². The van der Waals surface area contributed by atoms with E-state index in [9.17, 15) is 4.79 Å². The van der Waals surface area contributed by atoms with Crippen LogP contribution in [-0.2, 0) is 4.79 Å². The van der Waals surface area contributed by atoms with Crippen LogP contribution in [-0.4, -0.2) is 12.5 Å². The van der Waals surface area contributed by atoms with Gasteiger partial charge in [-0.25, -0.2) is 0 Å². The number of hydrogen-bond acceptors (Lipinski definition) is 3. The van der Waals surface area contributed by atoms with Gasteiger partial charge in [-0.2, -0.15) is 5.26 Å². The largest absolute Gasteiger partial charge is 0.483 e. The number of nitrogens with zero attached hydrogens (tertiary/aromatic N) is 1. The maximum absolute atomic E-state index is 11.9. The first-order chi connectivity index (χ1) is 10.1. The maximum atomic E-state index is 11.9. The molecule has 0 aliphatic rings. The number of halogens is 2. The molecule has 106 valence electrons. The zero-order valence-electron chi connectivity index (χ0n) is 10.8. The molecule has 0 atom stereocenters. The normalized spacial score (nSPS) is 9.76. The lowest BCUT2D eigenvalue weighted by molar-refractivity contribution is -0.118. The number of hydrogen-bond donors (Lipinski definition) is 1. The predicted molar refractivity (Wildman–Crippen MR) is 87.1 cm³/mol. The van der Waals surface area contributed by atoms with E-state index in [4.69, 9.17) is 10.00 Å². The Balaban J connectivity index is 1.98. The van der Waals surface area contributed by atoms with Crippen molar-refractivity contribution in [3.05, 3.63) is 57.0 Å². The van der Waals surface area contributed by atoms with Gasteiger partial charge in [0.2, 0.25) is 0 Å². The fourth-order valence-electron chi connectivity index (χ4n) is 1.61. The zero-order valence-corrected chi connectivity index (χ0v) is 13.9. The van der Waals surface area contributed by atoms with Gasteiger partial charge in [0.25, 0.3) is 5.91 Å². The van der Waals surface area contributed by atoms with Gasteiger partial charge >= 0.3 is 0 Å². The summed E-state index contributed by atoms with van der Waals surface area (Å²) < 4.78 is 7.10. The number of rotatable bonds is 4. The van der Waals surface area contributed by atoms with Crippen molar-refractivity contribution < 1.29 is 9.53 Å². The molecule has 1 N–H and O–H groups in total. The smallest absolute Gasteiger partial charge is 0.262 e. The highest BCUT2D eigenvalue weighted by molar-refractivity contribution is 9.11. The van der Waals surface area contributed by atoms with E-state index in [2.05, 4.69) is 37.2 Å². The first-order valence-electron chi connectivity index (χ1n) is 5.97. The number of anilines is 1. The molecule has 1 amide bonds. The van der Waals surface area contributed by atoms with Gasteiger partial charge in [-0.3, -0.25) is 4.79 Å².